The second-order valence-electron chi connectivity index (χ2n) is 7.13. The molecule has 0 aliphatic heterocycles. The van der Waals surface area contributed by atoms with E-state index < -0.39 is 0 Å². The summed E-state index contributed by atoms with van der Waals surface area (Å²) in [5.74, 6) is 1.67. The second kappa shape index (κ2) is 6.82. The van der Waals surface area contributed by atoms with Gasteiger partial charge in [-0.05, 0) is 36.6 Å². The zero-order chi connectivity index (χ0) is 20.0. The van der Waals surface area contributed by atoms with Crippen LogP contribution in [0.5, 0.6) is 0 Å². The Bertz CT molecular complexity index is 1250. The van der Waals surface area contributed by atoms with Crippen molar-refractivity contribution in [2.24, 2.45) is 5.92 Å². The molecular formula is C21H19N5O3. The number of benzene rings is 1. The number of nitrogens with one attached hydrogen (secondary N) is 2. The van der Waals surface area contributed by atoms with Crippen molar-refractivity contribution in [2.75, 3.05) is 17.7 Å². The molecule has 0 radical (unpaired) electrons. The summed E-state index contributed by atoms with van der Waals surface area (Å²) in [5, 5.41) is 16.9. The lowest BCUT2D eigenvalue weighted by atomic mass is 10.1. The number of pyridine rings is 2. The molecule has 8 nitrogen and oxygen atoms in total. The SMILES string of the molecule is CNc1ncc(-c2nc3ccc(CO)cc3o2)c2cc(NC(=O)C3CC3)ncc12. The number of aliphatic hydroxyl groups is 1. The molecular weight excluding hydrogens is 370 g/mol. The molecule has 4 aromatic rings. The number of aliphatic hydroxyl groups excluding tert-OH is 1. The van der Waals surface area contributed by atoms with Crippen LogP contribution >= 0.6 is 0 Å². The quantitative estimate of drug-likeness (QED) is 0.480. The highest BCUT2D eigenvalue weighted by Gasteiger charge is 2.30. The molecule has 1 aliphatic carbocycles. The monoisotopic (exact) mass is 389 g/mol. The fraction of sp³-hybridized carbons (Fsp3) is 0.238. The van der Waals surface area contributed by atoms with Gasteiger partial charge in [0.05, 0.1) is 12.2 Å². The molecule has 1 aliphatic rings. The van der Waals surface area contributed by atoms with Gasteiger partial charge in [0.25, 0.3) is 0 Å². The number of carbonyl (C=O) groups excluding carboxylic acids is 1. The molecule has 3 aromatic heterocycles. The van der Waals surface area contributed by atoms with Gasteiger partial charge in [0.2, 0.25) is 11.8 Å². The first-order valence-electron chi connectivity index (χ1n) is 9.44. The predicted octanol–water partition coefficient (Wildman–Crippen LogP) is 3.32. The second-order valence-corrected chi connectivity index (χ2v) is 7.13. The molecule has 3 heterocycles. The fourth-order valence-electron chi connectivity index (χ4n) is 3.33. The Balaban J connectivity index is 1.64. The third-order valence-corrected chi connectivity index (χ3v) is 5.07. The van der Waals surface area contributed by atoms with E-state index in [1.165, 1.54) is 0 Å². The largest absolute Gasteiger partial charge is 0.436 e. The lowest BCUT2D eigenvalue weighted by Gasteiger charge is -2.10. The van der Waals surface area contributed by atoms with Crippen molar-refractivity contribution in [3.63, 3.8) is 0 Å². The Hall–Kier alpha value is -3.52. The zero-order valence-corrected chi connectivity index (χ0v) is 15.8. The summed E-state index contributed by atoms with van der Waals surface area (Å²) in [5.41, 5.74) is 2.74. The lowest BCUT2D eigenvalue weighted by Crippen LogP contribution is -2.14. The minimum Gasteiger partial charge on any atom is -0.436 e. The smallest absolute Gasteiger partial charge is 0.229 e. The van der Waals surface area contributed by atoms with E-state index in [-0.39, 0.29) is 18.4 Å². The molecule has 29 heavy (non-hydrogen) atoms. The summed E-state index contributed by atoms with van der Waals surface area (Å²) < 4.78 is 5.96. The molecule has 3 N–H and O–H groups in total. The summed E-state index contributed by atoms with van der Waals surface area (Å²) in [6.07, 6.45) is 5.24. The minimum atomic E-state index is -0.0664. The van der Waals surface area contributed by atoms with Crippen molar-refractivity contribution in [3.05, 3.63) is 42.2 Å². The van der Waals surface area contributed by atoms with E-state index in [1.807, 2.05) is 18.2 Å². The first-order valence-corrected chi connectivity index (χ1v) is 9.44. The van der Waals surface area contributed by atoms with E-state index >= 15 is 0 Å². The van der Waals surface area contributed by atoms with Crippen molar-refractivity contribution >= 4 is 39.4 Å². The van der Waals surface area contributed by atoms with Crippen molar-refractivity contribution in [3.8, 4) is 11.5 Å². The minimum absolute atomic E-state index is 0.000286. The third kappa shape index (κ3) is 3.17. The average Bonchev–Trinajstić information content (AvgIpc) is 3.51. The number of rotatable bonds is 5. The van der Waals surface area contributed by atoms with Gasteiger partial charge in [-0.3, -0.25) is 4.79 Å². The summed E-state index contributed by atoms with van der Waals surface area (Å²) in [4.78, 5) is 25.5. The lowest BCUT2D eigenvalue weighted by molar-refractivity contribution is -0.117. The average molecular weight is 389 g/mol. The van der Waals surface area contributed by atoms with Crippen molar-refractivity contribution in [1.82, 2.24) is 15.0 Å². The maximum Gasteiger partial charge on any atom is 0.229 e. The molecule has 1 fully saturated rings. The van der Waals surface area contributed by atoms with Gasteiger partial charge >= 0.3 is 0 Å². The molecule has 1 aromatic carbocycles. The zero-order valence-electron chi connectivity index (χ0n) is 15.8. The molecule has 1 amide bonds. The molecule has 0 spiro atoms. The Morgan fingerprint density at radius 1 is 1.21 bits per heavy atom. The molecule has 146 valence electrons. The normalized spacial score (nSPS) is 13.7. The van der Waals surface area contributed by atoms with Crippen molar-refractivity contribution in [2.45, 2.75) is 19.4 Å². The van der Waals surface area contributed by atoms with Gasteiger partial charge in [0.15, 0.2) is 5.58 Å². The molecule has 1 saturated carbocycles. The van der Waals surface area contributed by atoms with Gasteiger partial charge < -0.3 is 20.2 Å². The number of hydrogen-bond acceptors (Lipinski definition) is 7. The van der Waals surface area contributed by atoms with Crippen LogP contribution in [0.4, 0.5) is 11.6 Å². The van der Waals surface area contributed by atoms with Crippen LogP contribution in [0.3, 0.4) is 0 Å². The van der Waals surface area contributed by atoms with E-state index in [4.69, 9.17) is 4.42 Å². The summed E-state index contributed by atoms with van der Waals surface area (Å²) >= 11 is 0. The Kier molecular flexibility index (Phi) is 4.13. The molecule has 0 bridgehead atoms. The number of fused-ring (bicyclic) bond motifs is 2. The van der Waals surface area contributed by atoms with E-state index in [0.717, 1.165) is 29.2 Å². The van der Waals surface area contributed by atoms with Gasteiger partial charge in [-0.2, -0.15) is 0 Å². The number of hydrogen-bond donors (Lipinski definition) is 3. The van der Waals surface area contributed by atoms with Crippen molar-refractivity contribution < 1.29 is 14.3 Å². The van der Waals surface area contributed by atoms with Gasteiger partial charge in [-0.25, -0.2) is 15.0 Å². The summed E-state index contributed by atoms with van der Waals surface area (Å²) in [7, 11) is 1.79. The van der Waals surface area contributed by atoms with Crippen LogP contribution in [0.1, 0.15) is 18.4 Å². The Labute approximate surface area is 166 Å². The topological polar surface area (TPSA) is 113 Å². The van der Waals surface area contributed by atoms with Crippen LogP contribution in [-0.2, 0) is 11.4 Å². The van der Waals surface area contributed by atoms with Crippen LogP contribution in [0.25, 0.3) is 33.3 Å². The van der Waals surface area contributed by atoms with E-state index in [1.54, 1.807) is 25.5 Å². The highest BCUT2D eigenvalue weighted by Crippen LogP contribution is 2.35. The molecule has 0 atom stereocenters. The van der Waals surface area contributed by atoms with Crippen LogP contribution in [0.2, 0.25) is 0 Å². The maximum absolute atomic E-state index is 12.1. The number of amides is 1. The van der Waals surface area contributed by atoms with Crippen LogP contribution < -0.4 is 10.6 Å². The van der Waals surface area contributed by atoms with Gasteiger partial charge in [-0.1, -0.05) is 6.07 Å². The van der Waals surface area contributed by atoms with Crippen LogP contribution in [0, 0.1) is 5.92 Å². The number of oxazole rings is 1. The number of anilines is 2. The first kappa shape index (κ1) is 17.6. The molecule has 5 rings (SSSR count). The van der Waals surface area contributed by atoms with Crippen LogP contribution in [0.15, 0.2) is 41.1 Å². The number of nitrogens with zero attached hydrogens (tertiary/aromatic N) is 3. The first-order chi connectivity index (χ1) is 14.2. The van der Waals surface area contributed by atoms with E-state index in [9.17, 15) is 9.90 Å². The Morgan fingerprint density at radius 2 is 2.07 bits per heavy atom. The Morgan fingerprint density at radius 3 is 2.83 bits per heavy atom. The van der Waals surface area contributed by atoms with Crippen molar-refractivity contribution in [1.29, 1.82) is 0 Å². The molecule has 0 unspecified atom stereocenters. The summed E-state index contributed by atoms with van der Waals surface area (Å²) in [6, 6.07) is 7.21. The molecule has 8 heteroatoms. The fourth-order valence-corrected chi connectivity index (χ4v) is 3.33. The standard InChI is InChI=1S/C21H19N5O3/c1-22-19-14-8-23-18(26-20(28)12-3-4-12)7-13(14)15(9-24-19)21-25-16-5-2-11(10-27)6-17(16)29-21/h2,5-9,12,27H,3-4,10H2,1H3,(H,22,24)(H,23,26,28). The van der Waals surface area contributed by atoms with Crippen LogP contribution in [-0.4, -0.2) is 33.0 Å². The van der Waals surface area contributed by atoms with Gasteiger partial charge in [0.1, 0.15) is 17.2 Å². The third-order valence-electron chi connectivity index (χ3n) is 5.07. The highest BCUT2D eigenvalue weighted by molar-refractivity contribution is 6.03. The van der Waals surface area contributed by atoms with Gasteiger partial charge in [0, 0.05) is 36.1 Å². The van der Waals surface area contributed by atoms with E-state index in [2.05, 4.69) is 25.6 Å². The predicted molar refractivity (Wildman–Crippen MR) is 109 cm³/mol. The van der Waals surface area contributed by atoms with E-state index in [0.29, 0.717) is 34.2 Å². The van der Waals surface area contributed by atoms with Gasteiger partial charge in [-0.15, -0.1) is 0 Å². The molecule has 0 saturated heterocycles. The number of aromatic nitrogens is 3. The number of carbonyl (C=O) groups is 1. The highest BCUT2D eigenvalue weighted by atomic mass is 16.3. The summed E-state index contributed by atoms with van der Waals surface area (Å²) in [6.45, 7) is -0.0664. The maximum atomic E-state index is 12.1.